The van der Waals surface area contributed by atoms with Gasteiger partial charge in [0.2, 0.25) is 0 Å². The highest BCUT2D eigenvalue weighted by molar-refractivity contribution is 7.20. The molecule has 0 saturated heterocycles. The number of amides is 1. The molecule has 0 atom stereocenters. The van der Waals surface area contributed by atoms with E-state index >= 15 is 0 Å². The lowest BCUT2D eigenvalue weighted by Crippen LogP contribution is -2.50. The van der Waals surface area contributed by atoms with Crippen LogP contribution in [-0.2, 0) is 9.53 Å². The Kier molecular flexibility index (Phi) is 6.74. The molecule has 2 fully saturated rings. The summed E-state index contributed by atoms with van der Waals surface area (Å²) in [5, 5.41) is 0.417. The fourth-order valence-electron chi connectivity index (χ4n) is 5.14. The molecule has 168 valence electrons. The van der Waals surface area contributed by atoms with Gasteiger partial charge in [-0.1, -0.05) is 38.5 Å². The van der Waals surface area contributed by atoms with Crippen LogP contribution in [0.25, 0.3) is 10.2 Å². The van der Waals surface area contributed by atoms with Crippen LogP contribution in [-0.4, -0.2) is 45.4 Å². The summed E-state index contributed by atoms with van der Waals surface area (Å²) in [6, 6.07) is 0.527. The molecule has 2 aliphatic rings. The molecule has 1 N–H and O–H groups in total. The predicted molar refractivity (Wildman–Crippen MR) is 121 cm³/mol. The number of thiophene rings is 1. The molecular formula is C23H31N3O4S. The monoisotopic (exact) mass is 445 g/mol. The van der Waals surface area contributed by atoms with E-state index in [0.29, 0.717) is 26.5 Å². The van der Waals surface area contributed by atoms with Gasteiger partial charge in [-0.2, -0.15) is 0 Å². The number of hydrogen-bond acceptors (Lipinski definition) is 6. The van der Waals surface area contributed by atoms with Crippen molar-refractivity contribution in [2.24, 2.45) is 0 Å². The Morgan fingerprint density at radius 1 is 1.03 bits per heavy atom. The van der Waals surface area contributed by atoms with Gasteiger partial charge in [0.15, 0.2) is 6.61 Å². The first-order valence-corrected chi connectivity index (χ1v) is 12.3. The van der Waals surface area contributed by atoms with E-state index in [1.165, 1.54) is 12.8 Å². The van der Waals surface area contributed by atoms with Crippen molar-refractivity contribution in [3.8, 4) is 0 Å². The van der Waals surface area contributed by atoms with Crippen molar-refractivity contribution in [1.29, 1.82) is 0 Å². The Labute approximate surface area is 186 Å². The van der Waals surface area contributed by atoms with Crippen LogP contribution in [0.2, 0.25) is 0 Å². The second kappa shape index (κ2) is 9.51. The summed E-state index contributed by atoms with van der Waals surface area (Å²) in [5.74, 6) is -0.139. The number of fused-ring (bicyclic) bond motifs is 1. The van der Waals surface area contributed by atoms with Gasteiger partial charge < -0.3 is 14.6 Å². The maximum absolute atomic E-state index is 13.2. The minimum absolute atomic E-state index is 0.0854. The molecule has 8 heteroatoms. The van der Waals surface area contributed by atoms with Crippen LogP contribution >= 0.6 is 11.3 Å². The molecule has 4 rings (SSSR count). The smallest absolute Gasteiger partial charge is 0.349 e. The second-order valence-electron chi connectivity index (χ2n) is 8.85. The van der Waals surface area contributed by atoms with Crippen LogP contribution in [0.5, 0.6) is 0 Å². The van der Waals surface area contributed by atoms with E-state index in [1.807, 2.05) is 0 Å². The van der Waals surface area contributed by atoms with Gasteiger partial charge in [-0.25, -0.2) is 9.78 Å². The Hall–Kier alpha value is -2.22. The van der Waals surface area contributed by atoms with Gasteiger partial charge in [0.1, 0.15) is 15.5 Å². The molecule has 1 amide bonds. The molecular weight excluding hydrogens is 414 g/mol. The molecule has 2 heterocycles. The SMILES string of the molecule is Cc1nc2sc(C(=O)OCC(=O)N(C3CCCCC3)C3CCCCC3)c(C)c2c(=O)[nH]1. The number of H-pyrrole nitrogens is 1. The van der Waals surface area contributed by atoms with Gasteiger partial charge in [-0.3, -0.25) is 9.59 Å². The highest BCUT2D eigenvalue weighted by Gasteiger charge is 2.33. The Balaban J connectivity index is 1.48. The first-order valence-electron chi connectivity index (χ1n) is 11.4. The zero-order chi connectivity index (χ0) is 22.0. The van der Waals surface area contributed by atoms with E-state index in [1.54, 1.807) is 13.8 Å². The largest absolute Gasteiger partial charge is 0.451 e. The van der Waals surface area contributed by atoms with Crippen LogP contribution < -0.4 is 5.56 Å². The van der Waals surface area contributed by atoms with Crippen LogP contribution in [0.3, 0.4) is 0 Å². The summed E-state index contributed by atoms with van der Waals surface area (Å²) in [5.41, 5.74) is 0.301. The predicted octanol–water partition coefficient (Wildman–Crippen LogP) is 4.25. The van der Waals surface area contributed by atoms with Gasteiger partial charge in [0.05, 0.1) is 5.39 Å². The first-order chi connectivity index (χ1) is 15.0. The summed E-state index contributed by atoms with van der Waals surface area (Å²) >= 11 is 1.15. The minimum atomic E-state index is -0.557. The van der Waals surface area contributed by atoms with Gasteiger partial charge in [0, 0.05) is 12.1 Å². The van der Waals surface area contributed by atoms with Crippen LogP contribution in [0.1, 0.15) is 85.3 Å². The summed E-state index contributed by atoms with van der Waals surface area (Å²) in [7, 11) is 0. The lowest BCUT2D eigenvalue weighted by molar-refractivity contribution is -0.141. The summed E-state index contributed by atoms with van der Waals surface area (Å²) < 4.78 is 5.47. The summed E-state index contributed by atoms with van der Waals surface area (Å²) in [6.07, 6.45) is 11.3. The normalized spacial score (nSPS) is 18.3. The van der Waals surface area contributed by atoms with E-state index in [-0.39, 0.29) is 30.2 Å². The molecule has 0 bridgehead atoms. The van der Waals surface area contributed by atoms with Gasteiger partial charge in [0.25, 0.3) is 11.5 Å². The molecule has 2 saturated carbocycles. The van der Waals surface area contributed by atoms with Crippen molar-refractivity contribution in [2.75, 3.05) is 6.61 Å². The number of ether oxygens (including phenoxy) is 1. The van der Waals surface area contributed by atoms with Gasteiger partial charge >= 0.3 is 5.97 Å². The summed E-state index contributed by atoms with van der Waals surface area (Å²) in [6.45, 7) is 3.18. The maximum Gasteiger partial charge on any atom is 0.349 e. The van der Waals surface area contributed by atoms with Crippen molar-refractivity contribution in [3.63, 3.8) is 0 Å². The summed E-state index contributed by atoms with van der Waals surface area (Å²) in [4.78, 5) is 48.2. The van der Waals surface area contributed by atoms with E-state index in [4.69, 9.17) is 4.74 Å². The number of aromatic nitrogens is 2. The third-order valence-corrected chi connectivity index (χ3v) is 7.82. The number of hydrogen-bond donors (Lipinski definition) is 1. The molecule has 0 aliphatic heterocycles. The number of carbonyl (C=O) groups excluding carboxylic acids is 2. The molecule has 0 radical (unpaired) electrons. The van der Waals surface area contributed by atoms with E-state index in [0.717, 1.165) is 62.7 Å². The van der Waals surface area contributed by atoms with Gasteiger partial charge in [-0.05, 0) is 45.1 Å². The number of nitrogens with zero attached hydrogens (tertiary/aromatic N) is 2. The second-order valence-corrected chi connectivity index (χ2v) is 9.85. The number of esters is 1. The number of nitrogens with one attached hydrogen (secondary N) is 1. The molecule has 0 spiro atoms. The first kappa shape index (κ1) is 22.0. The van der Waals surface area contributed by atoms with Crippen molar-refractivity contribution in [3.05, 3.63) is 26.6 Å². The molecule has 2 aromatic heterocycles. The molecule has 31 heavy (non-hydrogen) atoms. The number of aryl methyl sites for hydroxylation is 2. The molecule has 0 unspecified atom stereocenters. The Morgan fingerprint density at radius 2 is 1.61 bits per heavy atom. The fourth-order valence-corrected chi connectivity index (χ4v) is 6.26. The van der Waals surface area contributed by atoms with E-state index < -0.39 is 5.97 Å². The van der Waals surface area contributed by atoms with Crippen LogP contribution in [0, 0.1) is 13.8 Å². The van der Waals surface area contributed by atoms with Crippen molar-refractivity contribution in [2.45, 2.75) is 90.1 Å². The Bertz CT molecular complexity index is 998. The lowest BCUT2D eigenvalue weighted by Gasteiger charge is -2.41. The average molecular weight is 446 g/mol. The fraction of sp³-hybridized carbons (Fsp3) is 0.652. The quantitative estimate of drug-likeness (QED) is 0.695. The Morgan fingerprint density at radius 3 is 2.19 bits per heavy atom. The highest BCUT2D eigenvalue weighted by atomic mass is 32.1. The van der Waals surface area contributed by atoms with E-state index in [2.05, 4.69) is 14.9 Å². The molecule has 2 aromatic rings. The number of rotatable bonds is 5. The van der Waals surface area contributed by atoms with Crippen molar-refractivity contribution < 1.29 is 14.3 Å². The van der Waals surface area contributed by atoms with E-state index in [9.17, 15) is 14.4 Å². The van der Waals surface area contributed by atoms with Crippen molar-refractivity contribution >= 4 is 33.4 Å². The molecule has 0 aromatic carbocycles. The number of carbonyl (C=O) groups is 2. The third kappa shape index (κ3) is 4.68. The maximum atomic E-state index is 13.2. The molecule has 2 aliphatic carbocycles. The lowest BCUT2D eigenvalue weighted by atomic mass is 9.88. The van der Waals surface area contributed by atoms with Crippen LogP contribution in [0.4, 0.5) is 0 Å². The molecule has 7 nitrogen and oxygen atoms in total. The zero-order valence-corrected chi connectivity index (χ0v) is 19.2. The van der Waals surface area contributed by atoms with Crippen LogP contribution in [0.15, 0.2) is 4.79 Å². The minimum Gasteiger partial charge on any atom is -0.451 e. The third-order valence-electron chi connectivity index (χ3n) is 6.66. The zero-order valence-electron chi connectivity index (χ0n) is 18.4. The average Bonchev–Trinajstić information content (AvgIpc) is 3.10. The highest BCUT2D eigenvalue weighted by Crippen LogP contribution is 2.31. The topological polar surface area (TPSA) is 92.4 Å². The van der Waals surface area contributed by atoms with Crippen molar-refractivity contribution in [1.82, 2.24) is 14.9 Å². The number of aromatic amines is 1. The standard InChI is InChI=1S/C23H31N3O4S/c1-14-19-21(28)24-15(2)25-22(19)31-20(14)23(29)30-13-18(27)26(16-9-5-3-6-10-16)17-11-7-4-8-12-17/h16-17H,3-13H2,1-2H3,(H,24,25,28). The van der Waals surface area contributed by atoms with Gasteiger partial charge in [-0.15, -0.1) is 11.3 Å².